The van der Waals surface area contributed by atoms with Crippen LogP contribution < -0.4 is 5.32 Å². The van der Waals surface area contributed by atoms with Crippen LogP contribution in [0.2, 0.25) is 0 Å². The van der Waals surface area contributed by atoms with Crippen LogP contribution >= 0.6 is 11.3 Å². The van der Waals surface area contributed by atoms with Gasteiger partial charge in [0.1, 0.15) is 5.00 Å². The summed E-state index contributed by atoms with van der Waals surface area (Å²) >= 11 is 1.38. The van der Waals surface area contributed by atoms with Gasteiger partial charge < -0.3 is 14.8 Å². The fraction of sp³-hybridized carbons (Fsp3) is 0.250. The van der Waals surface area contributed by atoms with Gasteiger partial charge in [-0.3, -0.25) is 9.78 Å². The molecule has 4 rings (SSSR count). The first-order chi connectivity index (χ1) is 15.6. The maximum absolute atomic E-state index is 12.5. The number of benzene rings is 1. The third-order valence-corrected chi connectivity index (χ3v) is 6.60. The quantitative estimate of drug-likeness (QED) is 0.571. The van der Waals surface area contributed by atoms with Crippen LogP contribution in [0.3, 0.4) is 0 Å². The zero-order chi connectivity index (χ0) is 22.5. The van der Waals surface area contributed by atoms with E-state index < -0.39 is 24.5 Å². The van der Waals surface area contributed by atoms with Crippen LogP contribution in [-0.4, -0.2) is 36.5 Å². The molecule has 0 fully saturated rings. The van der Waals surface area contributed by atoms with Crippen LogP contribution in [0.1, 0.15) is 49.1 Å². The topological polar surface area (TPSA) is 94.6 Å². The normalized spacial score (nSPS) is 14.8. The first-order valence-corrected chi connectivity index (χ1v) is 11.0. The number of nitrogens with one attached hydrogen (secondary N) is 1. The number of esters is 2. The first kappa shape index (κ1) is 21.7. The van der Waals surface area contributed by atoms with Gasteiger partial charge in [0.2, 0.25) is 0 Å². The molecule has 0 radical (unpaired) electrons. The Morgan fingerprint density at radius 1 is 1.09 bits per heavy atom. The number of fused-ring (bicyclic) bond motifs is 1. The Balaban J connectivity index is 1.49. The Morgan fingerprint density at radius 3 is 2.56 bits per heavy atom. The molecule has 1 aliphatic rings. The summed E-state index contributed by atoms with van der Waals surface area (Å²) in [4.78, 5) is 41.9. The highest BCUT2D eigenvalue weighted by atomic mass is 32.1. The molecular weight excluding hydrogens is 428 g/mol. The predicted octanol–water partition coefficient (Wildman–Crippen LogP) is 4.00. The number of hydrogen-bond acceptors (Lipinski definition) is 7. The lowest BCUT2D eigenvalue weighted by Gasteiger charge is -2.22. The van der Waals surface area contributed by atoms with Crippen molar-refractivity contribution in [3.8, 4) is 0 Å². The standard InChI is InChI=1S/C24H22N2O5S/c1-30-24(29)21-18-8-7-17(15-5-3-2-4-6-15)13-19(18)32-22(21)26-20(27)14-31-23(28)16-9-11-25-12-10-16/h2-6,9-12,17H,7-8,13-14H2,1H3,(H,26,27). The van der Waals surface area contributed by atoms with Crippen molar-refractivity contribution in [3.05, 3.63) is 82.0 Å². The number of carbonyl (C=O) groups excluding carboxylic acids is 3. The number of amides is 1. The minimum absolute atomic E-state index is 0.307. The Labute approximate surface area is 189 Å². The molecule has 0 bridgehead atoms. The van der Waals surface area contributed by atoms with Gasteiger partial charge in [0.15, 0.2) is 6.61 Å². The van der Waals surface area contributed by atoms with E-state index in [1.807, 2.05) is 18.2 Å². The lowest BCUT2D eigenvalue weighted by Crippen LogP contribution is -2.22. The van der Waals surface area contributed by atoms with E-state index in [2.05, 4.69) is 22.4 Å². The summed E-state index contributed by atoms with van der Waals surface area (Å²) in [6.45, 7) is -0.461. The first-order valence-electron chi connectivity index (χ1n) is 10.2. The zero-order valence-electron chi connectivity index (χ0n) is 17.5. The smallest absolute Gasteiger partial charge is 0.341 e. The molecular formula is C24H22N2O5S. The number of rotatable bonds is 6. The van der Waals surface area contributed by atoms with Crippen LogP contribution in [0.15, 0.2) is 54.9 Å². The highest BCUT2D eigenvalue weighted by Gasteiger charge is 2.30. The summed E-state index contributed by atoms with van der Waals surface area (Å²) in [5, 5.41) is 3.16. The van der Waals surface area contributed by atoms with Crippen molar-refractivity contribution in [2.45, 2.75) is 25.2 Å². The monoisotopic (exact) mass is 450 g/mol. The van der Waals surface area contributed by atoms with Crippen molar-refractivity contribution in [2.24, 2.45) is 0 Å². The maximum atomic E-state index is 12.5. The molecule has 2 aromatic heterocycles. The average molecular weight is 451 g/mol. The lowest BCUT2D eigenvalue weighted by atomic mass is 9.83. The van der Waals surface area contributed by atoms with E-state index in [0.29, 0.717) is 22.0 Å². The van der Waals surface area contributed by atoms with Crippen LogP contribution in [0.4, 0.5) is 5.00 Å². The van der Waals surface area contributed by atoms with Crippen molar-refractivity contribution in [3.63, 3.8) is 0 Å². The average Bonchev–Trinajstić information content (AvgIpc) is 3.20. The van der Waals surface area contributed by atoms with Crippen molar-refractivity contribution in [1.29, 1.82) is 0 Å². The van der Waals surface area contributed by atoms with Gasteiger partial charge in [-0.2, -0.15) is 0 Å². The number of thiophene rings is 1. The molecule has 0 saturated heterocycles. The van der Waals surface area contributed by atoms with Crippen LogP contribution in [0, 0.1) is 0 Å². The molecule has 2 heterocycles. The summed E-state index contributed by atoms with van der Waals surface area (Å²) in [6.07, 6.45) is 5.37. The fourth-order valence-corrected chi connectivity index (χ4v) is 5.20. The largest absolute Gasteiger partial charge is 0.465 e. The minimum atomic E-state index is -0.619. The number of pyridine rings is 1. The van der Waals surface area contributed by atoms with Gasteiger partial charge in [-0.05, 0) is 48.4 Å². The van der Waals surface area contributed by atoms with Gasteiger partial charge in [-0.1, -0.05) is 30.3 Å². The molecule has 8 heteroatoms. The van der Waals surface area contributed by atoms with Gasteiger partial charge in [0.25, 0.3) is 5.91 Å². The molecule has 0 saturated carbocycles. The van der Waals surface area contributed by atoms with E-state index in [9.17, 15) is 14.4 Å². The number of carbonyl (C=O) groups is 3. The second-order valence-corrected chi connectivity index (χ2v) is 8.52. The highest BCUT2D eigenvalue weighted by Crippen LogP contribution is 2.42. The number of methoxy groups -OCH3 is 1. The lowest BCUT2D eigenvalue weighted by molar-refractivity contribution is -0.119. The third-order valence-electron chi connectivity index (χ3n) is 5.43. The molecule has 3 aromatic rings. The van der Waals surface area contributed by atoms with Crippen molar-refractivity contribution >= 4 is 34.2 Å². The minimum Gasteiger partial charge on any atom is -0.465 e. The number of ether oxygens (including phenoxy) is 2. The number of aromatic nitrogens is 1. The van der Waals surface area contributed by atoms with E-state index >= 15 is 0 Å². The number of anilines is 1. The van der Waals surface area contributed by atoms with Gasteiger partial charge in [-0.15, -0.1) is 11.3 Å². The van der Waals surface area contributed by atoms with Gasteiger partial charge >= 0.3 is 11.9 Å². The molecule has 0 spiro atoms. The zero-order valence-corrected chi connectivity index (χ0v) is 18.3. The number of hydrogen-bond donors (Lipinski definition) is 1. The summed E-state index contributed by atoms with van der Waals surface area (Å²) in [7, 11) is 1.32. The van der Waals surface area contributed by atoms with Crippen LogP contribution in [0.5, 0.6) is 0 Å². The van der Waals surface area contributed by atoms with E-state index in [1.165, 1.54) is 48.5 Å². The number of nitrogens with zero attached hydrogens (tertiary/aromatic N) is 1. The Kier molecular flexibility index (Phi) is 6.61. The van der Waals surface area contributed by atoms with Gasteiger partial charge in [0, 0.05) is 17.3 Å². The Morgan fingerprint density at radius 2 is 1.84 bits per heavy atom. The van der Waals surface area contributed by atoms with E-state index in [0.717, 1.165) is 29.7 Å². The molecule has 1 amide bonds. The highest BCUT2D eigenvalue weighted by molar-refractivity contribution is 7.17. The van der Waals surface area contributed by atoms with Gasteiger partial charge in [0.05, 0.1) is 18.2 Å². The summed E-state index contributed by atoms with van der Waals surface area (Å²) in [5.74, 6) is -1.26. The molecule has 1 aliphatic carbocycles. The summed E-state index contributed by atoms with van der Waals surface area (Å²) in [5.41, 5.74) is 2.90. The maximum Gasteiger partial charge on any atom is 0.341 e. The van der Waals surface area contributed by atoms with E-state index in [1.54, 1.807) is 0 Å². The Bertz CT molecular complexity index is 1130. The van der Waals surface area contributed by atoms with E-state index in [-0.39, 0.29) is 0 Å². The molecule has 164 valence electrons. The van der Waals surface area contributed by atoms with Gasteiger partial charge in [-0.25, -0.2) is 9.59 Å². The molecule has 0 aliphatic heterocycles. The van der Waals surface area contributed by atoms with Crippen molar-refractivity contribution in [2.75, 3.05) is 19.0 Å². The van der Waals surface area contributed by atoms with Crippen molar-refractivity contribution in [1.82, 2.24) is 4.98 Å². The molecule has 1 N–H and O–H groups in total. The summed E-state index contributed by atoms with van der Waals surface area (Å²) in [6, 6.07) is 13.3. The fourth-order valence-electron chi connectivity index (χ4n) is 3.87. The SMILES string of the molecule is COC(=O)c1c(NC(=O)COC(=O)c2ccncc2)sc2c1CCC(c1ccccc1)C2. The van der Waals surface area contributed by atoms with E-state index in [4.69, 9.17) is 9.47 Å². The second kappa shape index (κ2) is 9.74. The Hall–Kier alpha value is -3.52. The molecule has 32 heavy (non-hydrogen) atoms. The molecule has 7 nitrogen and oxygen atoms in total. The van der Waals surface area contributed by atoms with Crippen LogP contribution in [-0.2, 0) is 27.1 Å². The predicted molar refractivity (Wildman–Crippen MR) is 120 cm³/mol. The van der Waals surface area contributed by atoms with Crippen LogP contribution in [0.25, 0.3) is 0 Å². The van der Waals surface area contributed by atoms with Crippen molar-refractivity contribution < 1.29 is 23.9 Å². The molecule has 1 aromatic carbocycles. The molecule has 1 unspecified atom stereocenters. The molecule has 1 atom stereocenters. The summed E-state index contributed by atoms with van der Waals surface area (Å²) < 4.78 is 10.1. The second-order valence-electron chi connectivity index (χ2n) is 7.41. The third kappa shape index (κ3) is 4.70.